The third-order valence-electron chi connectivity index (χ3n) is 14.9. The van der Waals surface area contributed by atoms with E-state index in [4.69, 9.17) is 0 Å². The summed E-state index contributed by atoms with van der Waals surface area (Å²) in [4.78, 5) is 2.55. The molecule has 1 atom stereocenters. The van der Waals surface area contributed by atoms with E-state index in [-0.39, 0.29) is 16.2 Å². The van der Waals surface area contributed by atoms with Crippen molar-refractivity contribution in [2.75, 3.05) is 4.90 Å². The molecule has 1 fully saturated rings. The maximum absolute atomic E-state index is 2.56. The van der Waals surface area contributed by atoms with E-state index in [0.29, 0.717) is 0 Å². The second kappa shape index (κ2) is 12.5. The highest BCUT2D eigenvalue weighted by Crippen LogP contribution is 2.59. The topological polar surface area (TPSA) is 3.24 Å². The summed E-state index contributed by atoms with van der Waals surface area (Å²) in [5.41, 5.74) is 23.8. The Morgan fingerprint density at radius 3 is 1.61 bits per heavy atom. The summed E-state index contributed by atoms with van der Waals surface area (Å²) in [6.07, 6.45) is 4.96. The van der Waals surface area contributed by atoms with Crippen molar-refractivity contribution >= 4 is 17.1 Å². The molecule has 0 aromatic heterocycles. The zero-order chi connectivity index (χ0) is 39.5. The van der Waals surface area contributed by atoms with Crippen molar-refractivity contribution in [1.29, 1.82) is 0 Å². The van der Waals surface area contributed by atoms with Crippen LogP contribution >= 0.6 is 0 Å². The van der Waals surface area contributed by atoms with Crippen molar-refractivity contribution in [2.45, 2.75) is 62.7 Å². The average molecular weight is 758 g/mol. The fraction of sp³-hybridized carbons (Fsp3) is 0.172. The molecule has 0 aliphatic heterocycles. The Bertz CT molecular complexity index is 3000. The molecule has 12 rings (SSSR count). The molecule has 1 nitrogen and oxygen atoms in total. The third-order valence-corrected chi connectivity index (χ3v) is 14.9. The first-order valence-corrected chi connectivity index (χ1v) is 21.6. The Labute approximate surface area is 348 Å². The van der Waals surface area contributed by atoms with Gasteiger partial charge >= 0.3 is 0 Å². The normalized spacial score (nSPS) is 18.2. The summed E-state index contributed by atoms with van der Waals surface area (Å²) in [7, 11) is 0. The molecular formula is C58H47N. The van der Waals surface area contributed by atoms with Gasteiger partial charge in [-0.1, -0.05) is 172 Å². The van der Waals surface area contributed by atoms with Crippen LogP contribution in [0.3, 0.4) is 0 Å². The van der Waals surface area contributed by atoms with Crippen LogP contribution in [0.25, 0.3) is 44.5 Å². The van der Waals surface area contributed by atoms with Crippen molar-refractivity contribution in [3.8, 4) is 44.5 Å². The van der Waals surface area contributed by atoms with E-state index >= 15 is 0 Å². The molecule has 284 valence electrons. The Morgan fingerprint density at radius 2 is 0.881 bits per heavy atom. The van der Waals surface area contributed by atoms with E-state index in [1.54, 1.807) is 0 Å². The highest BCUT2D eigenvalue weighted by atomic mass is 15.1. The summed E-state index contributed by atoms with van der Waals surface area (Å²) in [6, 6.07) is 69.2. The number of fused-ring (bicyclic) bond motifs is 11. The average Bonchev–Trinajstić information content (AvgIpc) is 4.02. The van der Waals surface area contributed by atoms with Crippen LogP contribution in [0.15, 0.2) is 182 Å². The molecule has 4 aliphatic rings. The van der Waals surface area contributed by atoms with Crippen LogP contribution in [-0.2, 0) is 16.2 Å². The molecule has 0 amide bonds. The van der Waals surface area contributed by atoms with Gasteiger partial charge in [0, 0.05) is 33.3 Å². The number of nitrogens with zero attached hydrogens (tertiary/aromatic N) is 1. The summed E-state index contributed by atoms with van der Waals surface area (Å²) in [5, 5.41) is 0. The Balaban J connectivity index is 1.08. The number of anilines is 3. The molecule has 4 aliphatic carbocycles. The smallest absolute Gasteiger partial charge is 0.0467 e. The molecule has 0 bridgehead atoms. The van der Waals surface area contributed by atoms with Gasteiger partial charge in [-0.15, -0.1) is 0 Å². The molecular weight excluding hydrogens is 711 g/mol. The summed E-state index contributed by atoms with van der Waals surface area (Å²) in [5.74, 6) is 0. The van der Waals surface area contributed by atoms with Crippen LogP contribution in [-0.4, -0.2) is 0 Å². The number of hydrogen-bond donors (Lipinski definition) is 0. The lowest BCUT2D eigenvalue weighted by Crippen LogP contribution is -2.23. The van der Waals surface area contributed by atoms with E-state index in [2.05, 4.69) is 208 Å². The lowest BCUT2D eigenvalue weighted by Gasteiger charge is -2.32. The highest BCUT2D eigenvalue weighted by Gasteiger charge is 2.46. The SMILES string of the molecule is CC1(C)c2ccccc2-c2cccc(-c3cccc(N(c4ccc5c(c4)C4(CCCC4)c4ccccc4-5)c4ccc5c(c4)C(C)(c4ccccc4)c4ccccc4-5)c3)c21. The molecule has 1 unspecified atom stereocenters. The number of benzene rings is 8. The summed E-state index contributed by atoms with van der Waals surface area (Å²) >= 11 is 0. The maximum atomic E-state index is 2.56. The Morgan fingerprint density at radius 1 is 0.373 bits per heavy atom. The second-order valence-electron chi connectivity index (χ2n) is 18.1. The molecule has 8 aromatic carbocycles. The van der Waals surface area contributed by atoms with Crippen LogP contribution in [0.4, 0.5) is 17.1 Å². The van der Waals surface area contributed by atoms with E-state index < -0.39 is 0 Å². The van der Waals surface area contributed by atoms with Gasteiger partial charge in [0.1, 0.15) is 0 Å². The lowest BCUT2D eigenvalue weighted by atomic mass is 9.74. The van der Waals surface area contributed by atoms with Crippen LogP contribution in [0.2, 0.25) is 0 Å². The quantitative estimate of drug-likeness (QED) is 0.169. The fourth-order valence-electron chi connectivity index (χ4n) is 12.1. The fourth-order valence-corrected chi connectivity index (χ4v) is 12.1. The van der Waals surface area contributed by atoms with Gasteiger partial charge in [0.25, 0.3) is 0 Å². The monoisotopic (exact) mass is 757 g/mol. The van der Waals surface area contributed by atoms with Crippen LogP contribution < -0.4 is 4.90 Å². The lowest BCUT2D eigenvalue weighted by molar-refractivity contribution is 0.550. The molecule has 1 heteroatoms. The first-order chi connectivity index (χ1) is 28.9. The van der Waals surface area contributed by atoms with E-state index in [1.165, 1.54) is 126 Å². The minimum absolute atomic E-state index is 0.0755. The second-order valence-corrected chi connectivity index (χ2v) is 18.1. The van der Waals surface area contributed by atoms with Crippen LogP contribution in [0.1, 0.15) is 85.4 Å². The van der Waals surface area contributed by atoms with Crippen molar-refractivity contribution < 1.29 is 0 Å². The van der Waals surface area contributed by atoms with E-state index in [1.807, 2.05) is 0 Å². The van der Waals surface area contributed by atoms with Gasteiger partial charge in [-0.25, -0.2) is 0 Å². The van der Waals surface area contributed by atoms with Gasteiger partial charge in [-0.3, -0.25) is 0 Å². The van der Waals surface area contributed by atoms with Crippen molar-refractivity contribution in [3.63, 3.8) is 0 Å². The van der Waals surface area contributed by atoms with Crippen molar-refractivity contribution in [2.24, 2.45) is 0 Å². The maximum Gasteiger partial charge on any atom is 0.0467 e. The number of hydrogen-bond acceptors (Lipinski definition) is 1. The minimum Gasteiger partial charge on any atom is -0.310 e. The minimum atomic E-state index is -0.296. The van der Waals surface area contributed by atoms with Gasteiger partial charge in [0.05, 0.1) is 0 Å². The van der Waals surface area contributed by atoms with Crippen molar-refractivity contribution in [3.05, 3.63) is 221 Å². The predicted molar refractivity (Wildman–Crippen MR) is 246 cm³/mol. The zero-order valence-corrected chi connectivity index (χ0v) is 34.1. The van der Waals surface area contributed by atoms with Gasteiger partial charge in [0.15, 0.2) is 0 Å². The Hall–Kier alpha value is -6.44. The first kappa shape index (κ1) is 34.6. The van der Waals surface area contributed by atoms with Gasteiger partial charge in [-0.2, -0.15) is 0 Å². The number of rotatable bonds is 5. The largest absolute Gasteiger partial charge is 0.310 e. The van der Waals surface area contributed by atoms with E-state index in [0.717, 1.165) is 0 Å². The Kier molecular flexibility index (Phi) is 7.35. The molecule has 8 aromatic rings. The standard InChI is InChI=1S/C58H47N/c1-56(2)50-26-10-7-23-46(50)49-25-16-24-43(55(49)56)38-17-15-20-40(35-38)59(42-30-32-48-45-22-9-12-28-52(45)58(54(48)37-42)33-13-14-34-58)41-29-31-47-44-21-8-11-27-51(44)57(3,53(47)36-41)39-18-5-4-6-19-39/h4-12,15-32,35-37H,13-14,33-34H2,1-3H3. The molecule has 0 heterocycles. The summed E-state index contributed by atoms with van der Waals surface area (Å²) in [6.45, 7) is 7.21. The zero-order valence-electron chi connectivity index (χ0n) is 34.1. The molecule has 0 radical (unpaired) electrons. The van der Waals surface area contributed by atoms with Gasteiger partial charge in [-0.05, 0) is 140 Å². The molecule has 59 heavy (non-hydrogen) atoms. The highest BCUT2D eigenvalue weighted by molar-refractivity contribution is 5.92. The molecule has 1 saturated carbocycles. The summed E-state index contributed by atoms with van der Waals surface area (Å²) < 4.78 is 0. The van der Waals surface area contributed by atoms with Crippen LogP contribution in [0, 0.1) is 0 Å². The molecule has 0 saturated heterocycles. The molecule has 0 N–H and O–H groups in total. The van der Waals surface area contributed by atoms with Crippen LogP contribution in [0.5, 0.6) is 0 Å². The first-order valence-electron chi connectivity index (χ1n) is 21.6. The third kappa shape index (κ3) is 4.73. The van der Waals surface area contributed by atoms with Gasteiger partial charge in [0.2, 0.25) is 0 Å². The predicted octanol–water partition coefficient (Wildman–Crippen LogP) is 15.3. The van der Waals surface area contributed by atoms with Gasteiger partial charge < -0.3 is 4.90 Å². The van der Waals surface area contributed by atoms with Crippen molar-refractivity contribution in [1.82, 2.24) is 0 Å². The van der Waals surface area contributed by atoms with E-state index in [9.17, 15) is 0 Å². The molecule has 1 spiro atoms.